The molecule has 0 amide bonds. The first-order valence-electron chi connectivity index (χ1n) is 8.04. The van der Waals surface area contributed by atoms with E-state index in [1.54, 1.807) is 18.6 Å². The van der Waals surface area contributed by atoms with Crippen LogP contribution >= 0.6 is 0 Å². The SMILES string of the molecule is O=c1cccnn1C1COCC1Nc1ncnc2c1CCCC2. The number of anilines is 1. The number of aromatic nitrogens is 4. The second kappa shape index (κ2) is 6.08. The Hall–Kier alpha value is -2.28. The molecule has 1 aliphatic heterocycles. The van der Waals surface area contributed by atoms with E-state index in [1.807, 2.05) is 0 Å². The highest BCUT2D eigenvalue weighted by molar-refractivity contribution is 5.48. The van der Waals surface area contributed by atoms with Crippen molar-refractivity contribution in [1.82, 2.24) is 19.7 Å². The van der Waals surface area contributed by atoms with Crippen LogP contribution in [0, 0.1) is 0 Å². The number of nitrogens with one attached hydrogen (secondary N) is 1. The highest BCUT2D eigenvalue weighted by atomic mass is 16.5. The van der Waals surface area contributed by atoms with Crippen molar-refractivity contribution in [1.29, 1.82) is 0 Å². The number of aryl methyl sites for hydroxylation is 1. The smallest absolute Gasteiger partial charge is 0.267 e. The predicted octanol–water partition coefficient (Wildman–Crippen LogP) is 0.964. The predicted molar refractivity (Wildman–Crippen MR) is 84.4 cm³/mol. The second-order valence-corrected chi connectivity index (χ2v) is 6.02. The van der Waals surface area contributed by atoms with Gasteiger partial charge in [-0.2, -0.15) is 5.10 Å². The van der Waals surface area contributed by atoms with Crippen molar-refractivity contribution in [3.8, 4) is 0 Å². The molecule has 2 aromatic rings. The zero-order valence-electron chi connectivity index (χ0n) is 12.8. The molecular formula is C16H19N5O2. The molecule has 0 spiro atoms. The Morgan fingerprint density at radius 2 is 2.13 bits per heavy atom. The lowest BCUT2D eigenvalue weighted by Gasteiger charge is -2.23. The summed E-state index contributed by atoms with van der Waals surface area (Å²) in [6, 6.07) is 3.02. The first-order valence-corrected chi connectivity index (χ1v) is 8.04. The molecule has 1 fully saturated rings. The van der Waals surface area contributed by atoms with E-state index >= 15 is 0 Å². The van der Waals surface area contributed by atoms with Gasteiger partial charge < -0.3 is 10.1 Å². The summed E-state index contributed by atoms with van der Waals surface area (Å²) < 4.78 is 7.09. The molecule has 7 heteroatoms. The van der Waals surface area contributed by atoms with Gasteiger partial charge in [-0.15, -0.1) is 0 Å². The van der Waals surface area contributed by atoms with Crippen LogP contribution in [0.25, 0.3) is 0 Å². The molecule has 3 heterocycles. The van der Waals surface area contributed by atoms with Crippen molar-refractivity contribution in [2.24, 2.45) is 0 Å². The van der Waals surface area contributed by atoms with Crippen LogP contribution in [0.5, 0.6) is 0 Å². The Morgan fingerprint density at radius 1 is 1.22 bits per heavy atom. The summed E-state index contributed by atoms with van der Waals surface area (Å²) in [5, 5.41) is 7.66. The molecule has 0 bridgehead atoms. The van der Waals surface area contributed by atoms with Gasteiger partial charge in [0, 0.05) is 23.5 Å². The first-order chi connectivity index (χ1) is 11.3. The molecule has 2 aliphatic rings. The molecule has 1 aliphatic carbocycles. The molecule has 23 heavy (non-hydrogen) atoms. The van der Waals surface area contributed by atoms with Crippen LogP contribution < -0.4 is 10.9 Å². The van der Waals surface area contributed by atoms with Crippen molar-refractivity contribution < 1.29 is 4.74 Å². The molecule has 1 N–H and O–H groups in total. The summed E-state index contributed by atoms with van der Waals surface area (Å²) in [5.41, 5.74) is 2.23. The maximum atomic E-state index is 12.0. The quantitative estimate of drug-likeness (QED) is 0.909. The molecular weight excluding hydrogens is 294 g/mol. The average Bonchev–Trinajstić information content (AvgIpc) is 3.04. The van der Waals surface area contributed by atoms with Gasteiger partial charge in [0.1, 0.15) is 18.2 Å². The van der Waals surface area contributed by atoms with Crippen molar-refractivity contribution in [2.45, 2.75) is 37.8 Å². The highest BCUT2D eigenvalue weighted by Crippen LogP contribution is 2.27. The Bertz CT molecular complexity index is 760. The molecule has 120 valence electrons. The lowest BCUT2D eigenvalue weighted by molar-refractivity contribution is 0.182. The fourth-order valence-corrected chi connectivity index (χ4v) is 3.36. The van der Waals surface area contributed by atoms with Gasteiger partial charge in [0.15, 0.2) is 0 Å². The van der Waals surface area contributed by atoms with Crippen molar-refractivity contribution in [3.63, 3.8) is 0 Å². The van der Waals surface area contributed by atoms with E-state index in [9.17, 15) is 4.79 Å². The van der Waals surface area contributed by atoms with Crippen molar-refractivity contribution in [3.05, 3.63) is 46.3 Å². The maximum Gasteiger partial charge on any atom is 0.267 e. The molecule has 7 nitrogen and oxygen atoms in total. The number of hydrogen-bond acceptors (Lipinski definition) is 6. The van der Waals surface area contributed by atoms with Crippen molar-refractivity contribution in [2.75, 3.05) is 18.5 Å². The van der Waals surface area contributed by atoms with Gasteiger partial charge in [-0.25, -0.2) is 14.6 Å². The molecule has 1 saturated heterocycles. The molecule has 2 unspecified atom stereocenters. The van der Waals surface area contributed by atoms with E-state index in [0.717, 1.165) is 24.4 Å². The fourth-order valence-electron chi connectivity index (χ4n) is 3.36. The van der Waals surface area contributed by atoms with Gasteiger partial charge in [0.05, 0.1) is 19.3 Å². The van der Waals surface area contributed by atoms with Crippen LogP contribution in [0.2, 0.25) is 0 Å². The molecule has 0 aromatic carbocycles. The Kier molecular flexibility index (Phi) is 3.78. The summed E-state index contributed by atoms with van der Waals surface area (Å²) in [5.74, 6) is 0.874. The second-order valence-electron chi connectivity index (χ2n) is 6.02. The zero-order chi connectivity index (χ0) is 15.6. The third-order valence-corrected chi connectivity index (χ3v) is 4.55. The first kappa shape index (κ1) is 14.3. The molecule has 0 saturated carbocycles. The Balaban J connectivity index is 1.61. The summed E-state index contributed by atoms with van der Waals surface area (Å²) in [6.45, 7) is 1.01. The highest BCUT2D eigenvalue weighted by Gasteiger charge is 2.32. The Morgan fingerprint density at radius 3 is 3.04 bits per heavy atom. The van der Waals surface area contributed by atoms with Crippen LogP contribution in [0.4, 0.5) is 5.82 Å². The van der Waals surface area contributed by atoms with Gasteiger partial charge in [-0.3, -0.25) is 4.79 Å². The third kappa shape index (κ3) is 2.72. The molecule has 2 atom stereocenters. The summed E-state index contributed by atoms with van der Waals surface area (Å²) in [4.78, 5) is 20.8. The van der Waals surface area contributed by atoms with Crippen LogP contribution in [0.3, 0.4) is 0 Å². The van der Waals surface area contributed by atoms with Gasteiger partial charge in [-0.1, -0.05) is 0 Å². The number of ether oxygens (including phenoxy) is 1. The monoisotopic (exact) mass is 313 g/mol. The van der Waals surface area contributed by atoms with Crippen LogP contribution in [-0.4, -0.2) is 39.0 Å². The third-order valence-electron chi connectivity index (χ3n) is 4.55. The number of fused-ring (bicyclic) bond motifs is 1. The van der Waals surface area contributed by atoms with E-state index in [1.165, 1.54) is 29.2 Å². The topological polar surface area (TPSA) is 81.9 Å². The number of hydrogen-bond donors (Lipinski definition) is 1. The fraction of sp³-hybridized carbons (Fsp3) is 0.500. The van der Waals surface area contributed by atoms with Gasteiger partial charge >= 0.3 is 0 Å². The normalized spacial score (nSPS) is 23.5. The minimum absolute atomic E-state index is 0.0245. The number of nitrogens with zero attached hydrogens (tertiary/aromatic N) is 4. The van der Waals surface area contributed by atoms with E-state index in [4.69, 9.17) is 4.74 Å². The Labute approximate surface area is 133 Å². The van der Waals surface area contributed by atoms with Crippen LogP contribution in [-0.2, 0) is 17.6 Å². The van der Waals surface area contributed by atoms with Gasteiger partial charge in [0.2, 0.25) is 0 Å². The zero-order valence-corrected chi connectivity index (χ0v) is 12.8. The van der Waals surface area contributed by atoms with E-state index < -0.39 is 0 Å². The van der Waals surface area contributed by atoms with Crippen LogP contribution in [0.1, 0.15) is 30.1 Å². The van der Waals surface area contributed by atoms with E-state index in [-0.39, 0.29) is 17.6 Å². The van der Waals surface area contributed by atoms with E-state index in [2.05, 4.69) is 20.4 Å². The van der Waals surface area contributed by atoms with Crippen LogP contribution in [0.15, 0.2) is 29.5 Å². The average molecular weight is 313 g/mol. The lowest BCUT2D eigenvalue weighted by Crippen LogP contribution is -2.37. The number of rotatable bonds is 3. The minimum Gasteiger partial charge on any atom is -0.377 e. The molecule has 2 aromatic heterocycles. The summed E-state index contributed by atoms with van der Waals surface area (Å²) in [7, 11) is 0. The molecule has 4 rings (SSSR count). The minimum atomic E-state index is -0.127. The van der Waals surface area contributed by atoms with Crippen molar-refractivity contribution >= 4 is 5.82 Å². The lowest BCUT2D eigenvalue weighted by atomic mass is 9.96. The standard InChI is InChI=1S/C16H19N5O2/c22-15-6-3-7-19-21(15)14-9-23-8-13(14)20-16-11-4-1-2-5-12(11)17-10-18-16/h3,6-7,10,13-14H,1-2,4-5,8-9H2,(H,17,18,20). The maximum absolute atomic E-state index is 12.0. The van der Waals surface area contributed by atoms with Gasteiger partial charge in [0.25, 0.3) is 5.56 Å². The molecule has 0 radical (unpaired) electrons. The summed E-state index contributed by atoms with van der Waals surface area (Å²) in [6.07, 6.45) is 7.60. The summed E-state index contributed by atoms with van der Waals surface area (Å²) >= 11 is 0. The van der Waals surface area contributed by atoms with E-state index in [0.29, 0.717) is 13.2 Å². The largest absolute Gasteiger partial charge is 0.377 e. The van der Waals surface area contributed by atoms with Gasteiger partial charge in [-0.05, 0) is 31.7 Å².